The molecule has 5 aliphatic rings. The van der Waals surface area contributed by atoms with Gasteiger partial charge in [0, 0.05) is 28.6 Å². The molecule has 8 atom stereocenters. The molecule has 0 spiro atoms. The lowest BCUT2D eigenvalue weighted by atomic mass is 9.31. The second-order valence-corrected chi connectivity index (χ2v) is 16.1. The Morgan fingerprint density at radius 1 is 0.889 bits per heavy atom. The summed E-state index contributed by atoms with van der Waals surface area (Å²) in [6.07, 6.45) is 11.5. The summed E-state index contributed by atoms with van der Waals surface area (Å²) >= 11 is 0. The van der Waals surface area contributed by atoms with E-state index in [1.165, 1.54) is 12.5 Å². The lowest BCUT2D eigenvalue weighted by Crippen LogP contribution is -2.75. The SMILES string of the molecule is CC(=O)OC1CCC2(C)C(CCC3(C)C4(C)CCC5(C)CCC(C)(C)CC5(O)C4=CCC23O)C1(C)C. The van der Waals surface area contributed by atoms with Gasteiger partial charge in [0.2, 0.25) is 0 Å². The highest BCUT2D eigenvalue weighted by molar-refractivity contribution is 5.66. The summed E-state index contributed by atoms with van der Waals surface area (Å²) in [5.41, 5.74) is -1.46. The second-order valence-electron chi connectivity index (χ2n) is 16.1. The predicted octanol–water partition coefficient (Wildman–Crippen LogP) is 6.97. The molecule has 0 aliphatic heterocycles. The van der Waals surface area contributed by atoms with Gasteiger partial charge >= 0.3 is 5.97 Å². The van der Waals surface area contributed by atoms with E-state index in [-0.39, 0.29) is 50.5 Å². The molecule has 0 aromatic heterocycles. The summed E-state index contributed by atoms with van der Waals surface area (Å²) in [5.74, 6) is 0.0629. The van der Waals surface area contributed by atoms with Gasteiger partial charge in [0.25, 0.3) is 0 Å². The molecule has 0 radical (unpaired) electrons. The van der Waals surface area contributed by atoms with Crippen LogP contribution in [0, 0.1) is 38.4 Å². The number of rotatable bonds is 1. The van der Waals surface area contributed by atoms with Crippen molar-refractivity contribution in [2.45, 2.75) is 144 Å². The van der Waals surface area contributed by atoms with E-state index in [0.29, 0.717) is 6.42 Å². The van der Waals surface area contributed by atoms with Crippen molar-refractivity contribution in [3.05, 3.63) is 11.6 Å². The van der Waals surface area contributed by atoms with Gasteiger partial charge in [-0.1, -0.05) is 61.5 Å². The van der Waals surface area contributed by atoms with Gasteiger partial charge in [-0.15, -0.1) is 0 Å². The minimum absolute atomic E-state index is 0.0924. The molecule has 4 fully saturated rings. The van der Waals surface area contributed by atoms with Crippen LogP contribution in [0.1, 0.15) is 127 Å². The maximum absolute atomic E-state index is 13.0. The Labute approximate surface area is 219 Å². The Bertz CT molecular complexity index is 996. The topological polar surface area (TPSA) is 66.8 Å². The fourth-order valence-electron chi connectivity index (χ4n) is 11.0. The smallest absolute Gasteiger partial charge is 0.302 e. The monoisotopic (exact) mass is 500 g/mol. The third-order valence-corrected chi connectivity index (χ3v) is 13.6. The van der Waals surface area contributed by atoms with Crippen molar-refractivity contribution in [1.29, 1.82) is 0 Å². The van der Waals surface area contributed by atoms with Gasteiger partial charge in [-0.05, 0) is 86.5 Å². The third-order valence-electron chi connectivity index (χ3n) is 13.6. The van der Waals surface area contributed by atoms with Crippen molar-refractivity contribution in [2.24, 2.45) is 38.4 Å². The third kappa shape index (κ3) is 2.98. The Balaban J connectivity index is 1.61. The first-order chi connectivity index (χ1) is 16.3. The average Bonchev–Trinajstić information content (AvgIpc) is 2.74. The minimum Gasteiger partial charge on any atom is -0.462 e. The summed E-state index contributed by atoms with van der Waals surface area (Å²) in [6, 6.07) is 0. The molecular formula is C32H52O4. The lowest BCUT2D eigenvalue weighted by molar-refractivity contribution is -0.297. The highest BCUT2D eigenvalue weighted by Crippen LogP contribution is 2.77. The van der Waals surface area contributed by atoms with Crippen LogP contribution in [0.25, 0.3) is 0 Å². The lowest BCUT2D eigenvalue weighted by Gasteiger charge is -2.75. The van der Waals surface area contributed by atoms with Crippen molar-refractivity contribution in [3.8, 4) is 0 Å². The van der Waals surface area contributed by atoms with E-state index in [1.807, 2.05) is 0 Å². The number of carbonyl (C=O) groups is 1. The molecule has 2 N–H and O–H groups in total. The number of hydrogen-bond donors (Lipinski definition) is 2. The fraction of sp³-hybridized carbons (Fsp3) is 0.906. The van der Waals surface area contributed by atoms with E-state index in [2.05, 4.69) is 61.5 Å². The standard InChI is InChI=1S/C32H52O4/c1-21(33)36-24-12-13-29(8)22(26(24,4)5)10-14-30(9)28(7)19-18-27(6)17-16-25(2,3)20-31(27,34)23(28)11-15-32(29,30)35/h11,22,24,34-35H,10,12-20H2,1-9H3. The normalized spacial score (nSPS) is 53.1. The molecule has 4 heteroatoms. The van der Waals surface area contributed by atoms with E-state index >= 15 is 0 Å². The van der Waals surface area contributed by atoms with Crippen LogP contribution in [0.2, 0.25) is 0 Å². The van der Waals surface area contributed by atoms with E-state index in [0.717, 1.165) is 57.8 Å². The van der Waals surface area contributed by atoms with Crippen LogP contribution in [0.15, 0.2) is 11.6 Å². The van der Waals surface area contributed by atoms with E-state index < -0.39 is 11.2 Å². The summed E-state index contributed by atoms with van der Waals surface area (Å²) in [7, 11) is 0. The molecule has 0 aromatic rings. The Morgan fingerprint density at radius 2 is 1.53 bits per heavy atom. The summed E-state index contributed by atoms with van der Waals surface area (Å²) in [4.78, 5) is 11.9. The summed E-state index contributed by atoms with van der Waals surface area (Å²) in [5, 5.41) is 25.7. The Morgan fingerprint density at radius 3 is 2.17 bits per heavy atom. The molecule has 0 bridgehead atoms. The number of carbonyl (C=O) groups excluding carboxylic acids is 1. The maximum Gasteiger partial charge on any atom is 0.302 e. The van der Waals surface area contributed by atoms with E-state index in [9.17, 15) is 15.0 Å². The van der Waals surface area contributed by atoms with Gasteiger partial charge in [0.15, 0.2) is 0 Å². The summed E-state index contributed by atoms with van der Waals surface area (Å²) < 4.78 is 5.84. The number of fused-ring (bicyclic) bond motifs is 7. The van der Waals surface area contributed by atoms with E-state index in [4.69, 9.17) is 4.74 Å². The van der Waals surface area contributed by atoms with Crippen molar-refractivity contribution >= 4 is 5.97 Å². The molecule has 36 heavy (non-hydrogen) atoms. The van der Waals surface area contributed by atoms with Crippen LogP contribution in [0.4, 0.5) is 0 Å². The highest BCUT2D eigenvalue weighted by Gasteiger charge is 2.76. The molecule has 8 unspecified atom stereocenters. The molecule has 0 heterocycles. The molecule has 0 amide bonds. The van der Waals surface area contributed by atoms with Crippen molar-refractivity contribution in [3.63, 3.8) is 0 Å². The molecular weight excluding hydrogens is 448 g/mol. The Kier molecular flexibility index (Phi) is 5.50. The molecule has 0 saturated heterocycles. The number of ether oxygens (including phenoxy) is 1. The quantitative estimate of drug-likeness (QED) is 0.301. The van der Waals surface area contributed by atoms with Gasteiger partial charge in [-0.25, -0.2) is 0 Å². The van der Waals surface area contributed by atoms with Crippen molar-refractivity contribution in [1.82, 2.24) is 0 Å². The molecule has 5 aliphatic carbocycles. The van der Waals surface area contributed by atoms with Crippen molar-refractivity contribution in [2.75, 3.05) is 0 Å². The predicted molar refractivity (Wildman–Crippen MR) is 143 cm³/mol. The fourth-order valence-corrected chi connectivity index (χ4v) is 11.0. The summed E-state index contributed by atoms with van der Waals surface area (Å²) in [6.45, 7) is 20.0. The molecule has 4 nitrogen and oxygen atoms in total. The van der Waals surface area contributed by atoms with Crippen LogP contribution in [-0.4, -0.2) is 33.5 Å². The molecule has 0 aromatic carbocycles. The van der Waals surface area contributed by atoms with E-state index in [1.54, 1.807) is 0 Å². The van der Waals surface area contributed by atoms with Crippen LogP contribution >= 0.6 is 0 Å². The zero-order valence-corrected chi connectivity index (χ0v) is 24.5. The number of esters is 1. The van der Waals surface area contributed by atoms with Gasteiger partial charge < -0.3 is 14.9 Å². The van der Waals surface area contributed by atoms with Crippen LogP contribution in [-0.2, 0) is 9.53 Å². The highest BCUT2D eigenvalue weighted by atomic mass is 16.5. The average molecular weight is 501 g/mol. The van der Waals surface area contributed by atoms with Crippen LogP contribution < -0.4 is 0 Å². The first-order valence-electron chi connectivity index (χ1n) is 14.7. The first-order valence-corrected chi connectivity index (χ1v) is 14.7. The molecule has 4 saturated carbocycles. The Hall–Kier alpha value is -0.870. The van der Waals surface area contributed by atoms with Gasteiger partial charge in [-0.3, -0.25) is 4.79 Å². The van der Waals surface area contributed by atoms with Gasteiger partial charge in [-0.2, -0.15) is 0 Å². The number of aliphatic hydroxyl groups is 2. The second kappa shape index (κ2) is 7.40. The minimum atomic E-state index is -0.867. The van der Waals surface area contributed by atoms with Gasteiger partial charge in [0.05, 0.1) is 11.2 Å². The molecule has 5 rings (SSSR count). The maximum atomic E-state index is 13.0. The largest absolute Gasteiger partial charge is 0.462 e. The number of hydrogen-bond acceptors (Lipinski definition) is 4. The molecule has 204 valence electrons. The van der Waals surface area contributed by atoms with Crippen LogP contribution in [0.5, 0.6) is 0 Å². The zero-order valence-electron chi connectivity index (χ0n) is 24.5. The van der Waals surface area contributed by atoms with Crippen molar-refractivity contribution < 1.29 is 19.7 Å². The first kappa shape index (κ1) is 26.7. The van der Waals surface area contributed by atoms with Gasteiger partial charge in [0.1, 0.15) is 6.10 Å². The zero-order chi connectivity index (χ0) is 26.8. The van der Waals surface area contributed by atoms with Crippen LogP contribution in [0.3, 0.4) is 0 Å².